The summed E-state index contributed by atoms with van der Waals surface area (Å²) in [7, 11) is -2.35. The minimum Gasteiger partial charge on any atom is -0.381 e. The minimum atomic E-state index is -3.88. The van der Waals surface area contributed by atoms with Crippen LogP contribution in [0.5, 0.6) is 0 Å². The van der Waals surface area contributed by atoms with E-state index in [1.807, 2.05) is 6.92 Å². The molecule has 0 aliphatic carbocycles. The van der Waals surface area contributed by atoms with Crippen LogP contribution < -0.4 is 11.5 Å². The second-order valence-electron chi connectivity index (χ2n) is 4.20. The minimum absolute atomic E-state index is 0.0894. The number of carbonyl (C=O) groups is 1. The van der Waals surface area contributed by atoms with Crippen LogP contribution in [-0.2, 0) is 21.9 Å². The van der Waals surface area contributed by atoms with E-state index in [2.05, 4.69) is 4.98 Å². The van der Waals surface area contributed by atoms with Gasteiger partial charge in [0.1, 0.15) is 0 Å². The molecule has 0 bridgehead atoms. The van der Waals surface area contributed by atoms with E-state index in [1.165, 1.54) is 17.9 Å². The molecule has 0 spiro atoms. The molecule has 0 saturated heterocycles. The Morgan fingerprint density at radius 3 is 2.58 bits per heavy atom. The van der Waals surface area contributed by atoms with E-state index < -0.39 is 15.9 Å². The van der Waals surface area contributed by atoms with Crippen molar-refractivity contribution in [2.75, 3.05) is 18.8 Å². The Hall–Kier alpha value is -1.61. The number of imidazole rings is 1. The second-order valence-corrected chi connectivity index (χ2v) is 6.06. The third-order valence-electron chi connectivity index (χ3n) is 2.59. The maximum Gasteiger partial charge on any atom is 0.262 e. The molecule has 0 atom stereocenters. The Morgan fingerprint density at radius 1 is 1.53 bits per heavy atom. The lowest BCUT2D eigenvalue weighted by Crippen LogP contribution is -2.39. The highest BCUT2D eigenvalue weighted by atomic mass is 32.2. The van der Waals surface area contributed by atoms with Crippen LogP contribution in [0.25, 0.3) is 0 Å². The lowest BCUT2D eigenvalue weighted by molar-refractivity contribution is -0.118. The Morgan fingerprint density at radius 2 is 2.16 bits per heavy atom. The van der Waals surface area contributed by atoms with Gasteiger partial charge in [-0.2, -0.15) is 4.31 Å². The number of anilines is 1. The van der Waals surface area contributed by atoms with Gasteiger partial charge in [0, 0.05) is 13.6 Å². The summed E-state index contributed by atoms with van der Waals surface area (Å²) >= 11 is 0. The molecule has 1 aromatic rings. The van der Waals surface area contributed by atoms with Crippen LogP contribution in [0.2, 0.25) is 0 Å². The van der Waals surface area contributed by atoms with Crippen LogP contribution in [0.4, 0.5) is 5.82 Å². The summed E-state index contributed by atoms with van der Waals surface area (Å²) in [5.74, 6) is -0.797. The number of amides is 1. The van der Waals surface area contributed by atoms with E-state index in [0.717, 1.165) is 10.7 Å². The van der Waals surface area contributed by atoms with Gasteiger partial charge in [-0.15, -0.1) is 0 Å². The fourth-order valence-corrected chi connectivity index (χ4v) is 3.31. The number of nitrogen functional groups attached to an aromatic ring is 1. The molecule has 1 aromatic heterocycles. The van der Waals surface area contributed by atoms with Gasteiger partial charge in [0.25, 0.3) is 10.0 Å². The average Bonchev–Trinajstić information content (AvgIpc) is 2.64. The molecular formula is C10H19N5O3S. The van der Waals surface area contributed by atoms with Gasteiger partial charge in [0.15, 0.2) is 10.8 Å². The third-order valence-corrected chi connectivity index (χ3v) is 4.56. The van der Waals surface area contributed by atoms with Crippen LogP contribution in [0, 0.1) is 0 Å². The van der Waals surface area contributed by atoms with Crippen LogP contribution in [0.15, 0.2) is 11.4 Å². The first-order valence-electron chi connectivity index (χ1n) is 5.86. The fourth-order valence-electron chi connectivity index (χ4n) is 1.67. The van der Waals surface area contributed by atoms with E-state index in [-0.39, 0.29) is 23.9 Å². The van der Waals surface area contributed by atoms with Gasteiger partial charge in [-0.1, -0.05) is 13.3 Å². The van der Waals surface area contributed by atoms with E-state index >= 15 is 0 Å². The van der Waals surface area contributed by atoms with Crippen molar-refractivity contribution in [3.8, 4) is 0 Å². The molecule has 4 N–H and O–H groups in total. The highest BCUT2D eigenvalue weighted by Gasteiger charge is 2.30. The number of carbonyl (C=O) groups excluding carboxylic acids is 1. The van der Waals surface area contributed by atoms with Crippen molar-refractivity contribution in [3.63, 3.8) is 0 Å². The molecule has 0 aliphatic heterocycles. The SMILES string of the molecule is CCCCN(CC(N)=O)S(=O)(=O)c1c(N)ncn1C. The average molecular weight is 289 g/mol. The van der Waals surface area contributed by atoms with Crippen molar-refractivity contribution in [1.82, 2.24) is 13.9 Å². The van der Waals surface area contributed by atoms with Crippen molar-refractivity contribution in [3.05, 3.63) is 6.33 Å². The summed E-state index contributed by atoms with van der Waals surface area (Å²) in [6.07, 6.45) is 2.74. The molecule has 0 aromatic carbocycles. The molecule has 0 aliphatic rings. The van der Waals surface area contributed by atoms with E-state index in [1.54, 1.807) is 0 Å². The van der Waals surface area contributed by atoms with Crippen LogP contribution >= 0.6 is 0 Å². The van der Waals surface area contributed by atoms with Crippen LogP contribution in [-0.4, -0.2) is 41.3 Å². The Kier molecular flexibility index (Phi) is 4.90. The number of nitrogens with two attached hydrogens (primary N) is 2. The number of hydrogen-bond donors (Lipinski definition) is 2. The zero-order valence-corrected chi connectivity index (χ0v) is 11.9. The fraction of sp³-hybridized carbons (Fsp3) is 0.600. The summed E-state index contributed by atoms with van der Waals surface area (Å²) in [4.78, 5) is 14.8. The summed E-state index contributed by atoms with van der Waals surface area (Å²) in [6, 6.07) is 0. The molecule has 9 heteroatoms. The van der Waals surface area contributed by atoms with Gasteiger partial charge in [-0.25, -0.2) is 13.4 Å². The normalized spacial score (nSPS) is 11.9. The van der Waals surface area contributed by atoms with E-state index in [4.69, 9.17) is 11.5 Å². The van der Waals surface area contributed by atoms with Crippen molar-refractivity contribution in [2.24, 2.45) is 12.8 Å². The summed E-state index contributed by atoms with van der Waals surface area (Å²) in [5, 5.41) is -0.121. The molecule has 19 heavy (non-hydrogen) atoms. The van der Waals surface area contributed by atoms with E-state index in [9.17, 15) is 13.2 Å². The number of hydrogen-bond acceptors (Lipinski definition) is 5. The van der Waals surface area contributed by atoms with Gasteiger partial charge >= 0.3 is 0 Å². The van der Waals surface area contributed by atoms with Crippen LogP contribution in [0.1, 0.15) is 19.8 Å². The Labute approximate surface area is 112 Å². The van der Waals surface area contributed by atoms with Crippen molar-refractivity contribution in [2.45, 2.75) is 24.8 Å². The lowest BCUT2D eigenvalue weighted by Gasteiger charge is -2.20. The topological polar surface area (TPSA) is 124 Å². The first kappa shape index (κ1) is 15.4. The molecular weight excluding hydrogens is 270 g/mol. The molecule has 0 radical (unpaired) electrons. The zero-order valence-electron chi connectivity index (χ0n) is 11.0. The van der Waals surface area contributed by atoms with Gasteiger partial charge in [-0.05, 0) is 6.42 Å². The smallest absolute Gasteiger partial charge is 0.262 e. The Bertz CT molecular complexity index is 532. The maximum atomic E-state index is 12.5. The molecule has 1 rings (SSSR count). The first-order valence-corrected chi connectivity index (χ1v) is 7.30. The first-order chi connectivity index (χ1) is 8.80. The highest BCUT2D eigenvalue weighted by molar-refractivity contribution is 7.89. The number of unbranched alkanes of at least 4 members (excludes halogenated alkanes) is 1. The summed E-state index contributed by atoms with van der Waals surface area (Å²) < 4.78 is 27.3. The van der Waals surface area contributed by atoms with Gasteiger partial charge < -0.3 is 16.0 Å². The molecule has 0 unspecified atom stereocenters. The molecule has 0 fully saturated rings. The molecule has 108 valence electrons. The molecule has 8 nitrogen and oxygen atoms in total. The monoisotopic (exact) mass is 289 g/mol. The van der Waals surface area contributed by atoms with Crippen molar-refractivity contribution in [1.29, 1.82) is 0 Å². The number of sulfonamides is 1. The second kappa shape index (κ2) is 6.02. The standard InChI is InChI=1S/C10H19N5O3S/c1-3-4-5-15(6-8(11)16)19(17,18)10-9(12)13-7-14(10)2/h7H,3-6,12H2,1-2H3,(H2,11,16). The highest BCUT2D eigenvalue weighted by Crippen LogP contribution is 2.20. The quantitative estimate of drug-likeness (QED) is 0.685. The van der Waals surface area contributed by atoms with E-state index in [0.29, 0.717) is 6.42 Å². The van der Waals surface area contributed by atoms with Gasteiger partial charge in [0.05, 0.1) is 12.9 Å². The van der Waals surface area contributed by atoms with Crippen molar-refractivity contribution < 1.29 is 13.2 Å². The number of primary amides is 1. The molecule has 1 amide bonds. The van der Waals surface area contributed by atoms with Gasteiger partial charge in [0.2, 0.25) is 5.91 Å². The Balaban J connectivity index is 3.15. The van der Waals surface area contributed by atoms with Gasteiger partial charge in [-0.3, -0.25) is 4.79 Å². The zero-order chi connectivity index (χ0) is 14.6. The van der Waals surface area contributed by atoms with Crippen LogP contribution in [0.3, 0.4) is 0 Å². The predicted octanol–water partition coefficient (Wildman–Crippen LogP) is -0.722. The number of rotatable bonds is 7. The summed E-state index contributed by atoms with van der Waals surface area (Å²) in [5.41, 5.74) is 10.7. The lowest BCUT2D eigenvalue weighted by atomic mass is 10.3. The number of aromatic nitrogens is 2. The largest absolute Gasteiger partial charge is 0.381 e. The van der Waals surface area contributed by atoms with Crippen molar-refractivity contribution >= 4 is 21.7 Å². The predicted molar refractivity (Wildman–Crippen MR) is 70.5 cm³/mol. The number of aryl methyl sites for hydroxylation is 1. The molecule has 1 heterocycles. The third kappa shape index (κ3) is 3.44. The summed E-state index contributed by atoms with van der Waals surface area (Å²) in [6.45, 7) is 1.77. The molecule has 0 saturated carbocycles. The maximum absolute atomic E-state index is 12.5. The number of nitrogens with zero attached hydrogens (tertiary/aromatic N) is 3.